The van der Waals surface area contributed by atoms with Crippen molar-refractivity contribution in [3.05, 3.63) is 58.8 Å². The molecule has 0 saturated carbocycles. The van der Waals surface area contributed by atoms with Gasteiger partial charge in [0.05, 0.1) is 23.8 Å². The number of benzene rings is 2. The van der Waals surface area contributed by atoms with E-state index in [1.54, 1.807) is 32.4 Å². The lowest BCUT2D eigenvalue weighted by Gasteiger charge is -2.13. The number of hydrogen-bond acceptors (Lipinski definition) is 5. The van der Waals surface area contributed by atoms with E-state index in [4.69, 9.17) is 9.47 Å². The third kappa shape index (κ3) is 4.54. The molecule has 2 aromatic rings. The quantitative estimate of drug-likeness (QED) is 0.673. The maximum absolute atomic E-state index is 13.1. The third-order valence-electron chi connectivity index (χ3n) is 3.90. The van der Waals surface area contributed by atoms with E-state index in [-0.39, 0.29) is 17.8 Å². The number of rotatable bonds is 5. The Labute approximate surface area is 167 Å². The number of nitrogens with zero attached hydrogens (tertiary/aromatic N) is 2. The van der Waals surface area contributed by atoms with Crippen LogP contribution in [0.5, 0.6) is 11.5 Å². The summed E-state index contributed by atoms with van der Waals surface area (Å²) in [5.74, 6) is 0.784. The van der Waals surface area contributed by atoms with E-state index in [0.717, 1.165) is 5.56 Å². The second-order valence-electron chi connectivity index (χ2n) is 6.42. The Morgan fingerprint density at radius 1 is 1.14 bits per heavy atom. The average Bonchev–Trinajstić information content (AvgIpc) is 2.92. The molecule has 1 heterocycles. The molecule has 0 unspecified atom stereocenters. The summed E-state index contributed by atoms with van der Waals surface area (Å²) in [5, 5.41) is 0.537. The van der Waals surface area contributed by atoms with Gasteiger partial charge in [0.25, 0.3) is 5.91 Å². The summed E-state index contributed by atoms with van der Waals surface area (Å²) in [7, 11) is 3.24. The van der Waals surface area contributed by atoms with Gasteiger partial charge < -0.3 is 9.47 Å². The number of thioether (sulfide) groups is 1. The maximum Gasteiger partial charge on any atom is 0.266 e. The van der Waals surface area contributed by atoms with Crippen molar-refractivity contribution in [2.24, 2.45) is 4.99 Å². The summed E-state index contributed by atoms with van der Waals surface area (Å²) < 4.78 is 24.2. The summed E-state index contributed by atoms with van der Waals surface area (Å²) in [6.45, 7) is 3.89. The van der Waals surface area contributed by atoms with Crippen LogP contribution in [-0.4, -0.2) is 36.2 Å². The van der Waals surface area contributed by atoms with Gasteiger partial charge in [0.15, 0.2) is 16.7 Å². The molecule has 1 saturated heterocycles. The van der Waals surface area contributed by atoms with Crippen LogP contribution in [0.2, 0.25) is 0 Å². The van der Waals surface area contributed by atoms with Crippen LogP contribution in [0.4, 0.5) is 10.1 Å². The number of hydrogen-bond donors (Lipinski definition) is 0. The number of aliphatic imine (C=N–C) groups is 1. The minimum Gasteiger partial charge on any atom is -0.493 e. The molecule has 28 heavy (non-hydrogen) atoms. The molecule has 1 amide bonds. The molecule has 0 aromatic heterocycles. The molecule has 0 spiro atoms. The fourth-order valence-electron chi connectivity index (χ4n) is 2.55. The summed E-state index contributed by atoms with van der Waals surface area (Å²) >= 11 is 1.27. The number of methoxy groups -OCH3 is 1. The lowest BCUT2D eigenvalue weighted by atomic mass is 10.2. The van der Waals surface area contributed by atoms with Crippen molar-refractivity contribution in [1.29, 1.82) is 0 Å². The van der Waals surface area contributed by atoms with Gasteiger partial charge in [-0.05, 0) is 73.6 Å². The van der Waals surface area contributed by atoms with Gasteiger partial charge in [-0.25, -0.2) is 9.38 Å². The first-order valence-corrected chi connectivity index (χ1v) is 9.55. The van der Waals surface area contributed by atoms with E-state index in [1.807, 2.05) is 32.0 Å². The van der Waals surface area contributed by atoms with E-state index in [2.05, 4.69) is 4.99 Å². The predicted octanol–water partition coefficient (Wildman–Crippen LogP) is 4.86. The lowest BCUT2D eigenvalue weighted by Crippen LogP contribution is -2.23. The predicted molar refractivity (Wildman–Crippen MR) is 111 cm³/mol. The van der Waals surface area contributed by atoms with Crippen molar-refractivity contribution in [3.8, 4) is 11.5 Å². The SMILES string of the molecule is COc1cc(/C=C2/SC(=Nc3ccc(F)cc3)N(C)C2=O)ccc1OC(C)C. The molecular weight excluding hydrogens is 379 g/mol. The number of amides is 1. The maximum atomic E-state index is 13.1. The molecule has 0 aliphatic carbocycles. The van der Waals surface area contributed by atoms with Gasteiger partial charge in [-0.2, -0.15) is 0 Å². The number of ether oxygens (including phenoxy) is 2. The normalized spacial score (nSPS) is 17.1. The van der Waals surface area contributed by atoms with E-state index in [1.165, 1.54) is 28.8 Å². The first-order chi connectivity index (χ1) is 13.4. The molecule has 0 N–H and O–H groups in total. The van der Waals surface area contributed by atoms with Gasteiger partial charge >= 0.3 is 0 Å². The topological polar surface area (TPSA) is 51.1 Å². The van der Waals surface area contributed by atoms with Crippen molar-refractivity contribution in [2.75, 3.05) is 14.2 Å². The zero-order valence-corrected chi connectivity index (χ0v) is 16.9. The zero-order valence-electron chi connectivity index (χ0n) is 16.1. The molecular formula is C21H21FN2O3S. The molecule has 5 nitrogen and oxygen atoms in total. The Bertz CT molecular complexity index is 939. The third-order valence-corrected chi connectivity index (χ3v) is 4.96. The molecule has 0 bridgehead atoms. The van der Waals surface area contributed by atoms with Crippen molar-refractivity contribution >= 4 is 34.6 Å². The standard InChI is InChI=1S/C21H21FN2O3S/c1-13(2)27-17-10-5-14(11-18(17)26-4)12-19-20(25)24(3)21(28-19)23-16-8-6-15(22)7-9-16/h5-13H,1-4H3/b19-12+,23-21?. The molecule has 3 rings (SSSR count). The zero-order chi connectivity index (χ0) is 20.3. The van der Waals surface area contributed by atoms with E-state index >= 15 is 0 Å². The highest BCUT2D eigenvalue weighted by atomic mass is 32.2. The smallest absolute Gasteiger partial charge is 0.266 e. The summed E-state index contributed by atoms with van der Waals surface area (Å²) in [6, 6.07) is 11.3. The largest absolute Gasteiger partial charge is 0.493 e. The van der Waals surface area contributed by atoms with Crippen LogP contribution in [0.25, 0.3) is 6.08 Å². The molecule has 1 fully saturated rings. The van der Waals surface area contributed by atoms with Crippen LogP contribution < -0.4 is 9.47 Å². The number of carbonyl (C=O) groups excluding carboxylic acids is 1. The lowest BCUT2D eigenvalue weighted by molar-refractivity contribution is -0.121. The molecule has 2 aromatic carbocycles. The van der Waals surface area contributed by atoms with Crippen molar-refractivity contribution in [2.45, 2.75) is 20.0 Å². The molecule has 1 aliphatic heterocycles. The Morgan fingerprint density at radius 3 is 2.50 bits per heavy atom. The number of carbonyl (C=O) groups is 1. The minimum absolute atomic E-state index is 0.0314. The van der Waals surface area contributed by atoms with Gasteiger partial charge in [0.2, 0.25) is 0 Å². The van der Waals surface area contributed by atoms with Crippen molar-refractivity contribution in [3.63, 3.8) is 0 Å². The second kappa shape index (κ2) is 8.48. The monoisotopic (exact) mass is 400 g/mol. The van der Waals surface area contributed by atoms with Crippen LogP contribution in [-0.2, 0) is 4.79 Å². The molecule has 146 valence electrons. The minimum atomic E-state index is -0.327. The van der Waals surface area contributed by atoms with Crippen molar-refractivity contribution < 1.29 is 18.7 Å². The highest BCUT2D eigenvalue weighted by Gasteiger charge is 2.30. The summed E-state index contributed by atoms with van der Waals surface area (Å²) in [5.41, 5.74) is 1.40. The van der Waals surface area contributed by atoms with Crippen LogP contribution in [0.3, 0.4) is 0 Å². The van der Waals surface area contributed by atoms with Crippen LogP contribution in [0.1, 0.15) is 19.4 Å². The van der Waals surface area contributed by atoms with Gasteiger partial charge in [-0.15, -0.1) is 0 Å². The second-order valence-corrected chi connectivity index (χ2v) is 7.43. The molecule has 0 radical (unpaired) electrons. The highest BCUT2D eigenvalue weighted by molar-refractivity contribution is 8.18. The molecule has 7 heteroatoms. The number of amidine groups is 1. The summed E-state index contributed by atoms with van der Waals surface area (Å²) in [6.07, 6.45) is 1.82. The van der Waals surface area contributed by atoms with Crippen molar-refractivity contribution in [1.82, 2.24) is 4.90 Å². The Balaban J connectivity index is 1.86. The highest BCUT2D eigenvalue weighted by Crippen LogP contribution is 2.35. The first kappa shape index (κ1) is 19.9. The van der Waals surface area contributed by atoms with Gasteiger partial charge in [0.1, 0.15) is 5.82 Å². The molecule has 1 aliphatic rings. The fraction of sp³-hybridized carbons (Fsp3) is 0.238. The van der Waals surface area contributed by atoms with Gasteiger partial charge in [-0.1, -0.05) is 6.07 Å². The Kier molecular flexibility index (Phi) is 6.04. The van der Waals surface area contributed by atoms with Gasteiger partial charge in [0, 0.05) is 7.05 Å². The number of halogens is 1. The van der Waals surface area contributed by atoms with E-state index in [9.17, 15) is 9.18 Å². The van der Waals surface area contributed by atoms with E-state index < -0.39 is 0 Å². The average molecular weight is 400 g/mol. The first-order valence-electron chi connectivity index (χ1n) is 8.74. The Morgan fingerprint density at radius 2 is 1.86 bits per heavy atom. The number of likely N-dealkylation sites (N-methyl/N-ethyl adjacent to an activating group) is 1. The van der Waals surface area contributed by atoms with Crippen LogP contribution >= 0.6 is 11.8 Å². The Hall–Kier alpha value is -2.80. The van der Waals surface area contributed by atoms with Crippen LogP contribution in [0, 0.1) is 5.82 Å². The van der Waals surface area contributed by atoms with Crippen LogP contribution in [0.15, 0.2) is 52.4 Å². The fourth-order valence-corrected chi connectivity index (χ4v) is 3.54. The molecule has 0 atom stereocenters. The summed E-state index contributed by atoms with van der Waals surface area (Å²) in [4.78, 5) is 19.0. The van der Waals surface area contributed by atoms with Gasteiger partial charge in [-0.3, -0.25) is 9.69 Å². The van der Waals surface area contributed by atoms with E-state index in [0.29, 0.717) is 27.3 Å².